The van der Waals surface area contributed by atoms with E-state index in [9.17, 15) is 20.2 Å². The second-order valence-electron chi connectivity index (χ2n) is 5.23. The van der Waals surface area contributed by atoms with E-state index in [4.69, 9.17) is 9.47 Å². The summed E-state index contributed by atoms with van der Waals surface area (Å²) in [7, 11) is 0. The van der Waals surface area contributed by atoms with Gasteiger partial charge in [0.25, 0.3) is 5.69 Å². The second kappa shape index (κ2) is 8.99. The largest absolute Gasteiger partial charge is 0.494 e. The van der Waals surface area contributed by atoms with Crippen molar-refractivity contribution in [1.82, 2.24) is 0 Å². The zero-order chi connectivity index (χ0) is 18.9. The van der Waals surface area contributed by atoms with Gasteiger partial charge in [0, 0.05) is 12.1 Å². The molecule has 26 heavy (non-hydrogen) atoms. The van der Waals surface area contributed by atoms with Crippen LogP contribution in [0.4, 0.5) is 5.69 Å². The molecule has 0 radical (unpaired) electrons. The highest BCUT2D eigenvalue weighted by molar-refractivity contribution is 5.99. The van der Waals surface area contributed by atoms with Crippen LogP contribution in [0.2, 0.25) is 0 Å². The Balaban J connectivity index is 2.08. The zero-order valence-corrected chi connectivity index (χ0v) is 14.0. The fraction of sp³-hybridized carbons (Fsp3) is 0.158. The first kappa shape index (κ1) is 18.7. The minimum Gasteiger partial charge on any atom is -0.494 e. The SMILES string of the molecule is CCCOc1ccc(/C=C(\C#N)C(=O)Oc2ccc([N+](=O)[O-])cc2)cc1. The normalized spacial score (nSPS) is 10.7. The summed E-state index contributed by atoms with van der Waals surface area (Å²) in [5, 5.41) is 19.8. The van der Waals surface area contributed by atoms with E-state index in [-0.39, 0.29) is 17.0 Å². The summed E-state index contributed by atoms with van der Waals surface area (Å²) in [5.41, 5.74) is 0.336. The smallest absolute Gasteiger partial charge is 0.354 e. The van der Waals surface area contributed by atoms with Crippen LogP contribution < -0.4 is 9.47 Å². The number of ether oxygens (including phenoxy) is 2. The molecular weight excluding hydrogens is 336 g/mol. The molecule has 0 fully saturated rings. The summed E-state index contributed by atoms with van der Waals surface area (Å²) in [4.78, 5) is 22.2. The molecule has 0 aliphatic heterocycles. The van der Waals surface area contributed by atoms with E-state index in [0.717, 1.165) is 6.42 Å². The third kappa shape index (κ3) is 5.18. The molecule has 0 amide bonds. The Morgan fingerprint density at radius 3 is 2.31 bits per heavy atom. The van der Waals surface area contributed by atoms with Gasteiger partial charge in [0.05, 0.1) is 11.5 Å². The Bertz CT molecular complexity index is 849. The van der Waals surface area contributed by atoms with E-state index in [1.54, 1.807) is 30.3 Å². The van der Waals surface area contributed by atoms with Gasteiger partial charge in [0.1, 0.15) is 23.1 Å². The number of hydrogen-bond acceptors (Lipinski definition) is 6. The van der Waals surface area contributed by atoms with Gasteiger partial charge in [0.2, 0.25) is 0 Å². The monoisotopic (exact) mass is 352 g/mol. The van der Waals surface area contributed by atoms with Gasteiger partial charge in [-0.1, -0.05) is 19.1 Å². The second-order valence-corrected chi connectivity index (χ2v) is 5.23. The number of nitrogens with zero attached hydrogens (tertiary/aromatic N) is 2. The first-order valence-electron chi connectivity index (χ1n) is 7.84. The Hall–Kier alpha value is -3.66. The van der Waals surface area contributed by atoms with Crippen molar-refractivity contribution >= 4 is 17.7 Å². The van der Waals surface area contributed by atoms with Crippen molar-refractivity contribution in [1.29, 1.82) is 5.26 Å². The molecule has 7 heteroatoms. The van der Waals surface area contributed by atoms with Crippen molar-refractivity contribution in [3.05, 3.63) is 69.8 Å². The summed E-state index contributed by atoms with van der Waals surface area (Å²) < 4.78 is 10.5. The van der Waals surface area contributed by atoms with E-state index in [0.29, 0.717) is 17.9 Å². The molecule has 7 nitrogen and oxygen atoms in total. The molecule has 0 aliphatic rings. The summed E-state index contributed by atoms with van der Waals surface area (Å²) >= 11 is 0. The van der Waals surface area contributed by atoms with E-state index in [2.05, 4.69) is 0 Å². The van der Waals surface area contributed by atoms with Crippen LogP contribution in [0.15, 0.2) is 54.1 Å². The molecule has 0 unspecified atom stereocenters. The standard InChI is InChI=1S/C19H16N2O5/c1-2-11-25-17-7-3-14(4-8-17)12-15(13-20)19(22)26-18-9-5-16(6-10-18)21(23)24/h3-10,12H,2,11H2,1H3/b15-12+. The Labute approximate surface area is 150 Å². The van der Waals surface area contributed by atoms with Crippen LogP contribution in [0.1, 0.15) is 18.9 Å². The lowest BCUT2D eigenvalue weighted by Gasteiger charge is -2.05. The molecule has 0 saturated carbocycles. The topological polar surface area (TPSA) is 102 Å². The summed E-state index contributed by atoms with van der Waals surface area (Å²) in [6.07, 6.45) is 2.30. The molecular formula is C19H16N2O5. The lowest BCUT2D eigenvalue weighted by Crippen LogP contribution is -2.10. The number of rotatable bonds is 7. The van der Waals surface area contributed by atoms with Crippen LogP contribution >= 0.6 is 0 Å². The van der Waals surface area contributed by atoms with E-state index in [1.165, 1.54) is 30.3 Å². The molecule has 0 atom stereocenters. The first-order chi connectivity index (χ1) is 12.5. The highest BCUT2D eigenvalue weighted by Crippen LogP contribution is 2.19. The third-order valence-electron chi connectivity index (χ3n) is 3.26. The molecule has 2 aromatic rings. The summed E-state index contributed by atoms with van der Waals surface area (Å²) in [5.74, 6) is -0.0197. The molecule has 132 valence electrons. The average Bonchev–Trinajstić information content (AvgIpc) is 2.65. The van der Waals surface area contributed by atoms with Crippen LogP contribution in [0, 0.1) is 21.4 Å². The molecule has 0 aliphatic carbocycles. The lowest BCUT2D eigenvalue weighted by atomic mass is 10.1. The first-order valence-corrected chi connectivity index (χ1v) is 7.84. The van der Waals surface area contributed by atoms with Crippen molar-refractivity contribution in [2.75, 3.05) is 6.61 Å². The van der Waals surface area contributed by atoms with Gasteiger partial charge in [-0.3, -0.25) is 10.1 Å². The van der Waals surface area contributed by atoms with Gasteiger partial charge in [-0.15, -0.1) is 0 Å². The maximum atomic E-state index is 12.1. The van der Waals surface area contributed by atoms with Gasteiger partial charge in [-0.2, -0.15) is 5.26 Å². The number of carbonyl (C=O) groups is 1. The lowest BCUT2D eigenvalue weighted by molar-refractivity contribution is -0.384. The van der Waals surface area contributed by atoms with Crippen molar-refractivity contribution < 1.29 is 19.2 Å². The minimum absolute atomic E-state index is 0.116. The third-order valence-corrected chi connectivity index (χ3v) is 3.26. The van der Waals surface area contributed by atoms with E-state index in [1.807, 2.05) is 6.92 Å². The average molecular weight is 352 g/mol. The number of non-ortho nitro benzene ring substituents is 1. The summed E-state index contributed by atoms with van der Waals surface area (Å²) in [6, 6.07) is 13.8. The molecule has 0 N–H and O–H groups in total. The van der Waals surface area contributed by atoms with E-state index < -0.39 is 10.9 Å². The van der Waals surface area contributed by atoms with Gasteiger partial charge < -0.3 is 9.47 Å². The van der Waals surface area contributed by atoms with Gasteiger partial charge in [-0.05, 0) is 42.3 Å². The molecule has 2 rings (SSSR count). The number of benzene rings is 2. The van der Waals surface area contributed by atoms with Gasteiger partial charge in [0.15, 0.2) is 0 Å². The van der Waals surface area contributed by atoms with Crippen molar-refractivity contribution in [3.63, 3.8) is 0 Å². The summed E-state index contributed by atoms with van der Waals surface area (Å²) in [6.45, 7) is 2.62. The van der Waals surface area contributed by atoms with Crippen LogP contribution in [0.3, 0.4) is 0 Å². The predicted molar refractivity (Wildman–Crippen MR) is 94.5 cm³/mol. The number of nitro groups is 1. The molecule has 2 aromatic carbocycles. The van der Waals surface area contributed by atoms with E-state index >= 15 is 0 Å². The van der Waals surface area contributed by atoms with Crippen molar-refractivity contribution in [2.45, 2.75) is 13.3 Å². The van der Waals surface area contributed by atoms with Gasteiger partial charge >= 0.3 is 5.97 Å². The fourth-order valence-corrected chi connectivity index (χ4v) is 1.98. The fourth-order valence-electron chi connectivity index (χ4n) is 1.98. The zero-order valence-electron chi connectivity index (χ0n) is 14.0. The van der Waals surface area contributed by atoms with Crippen LogP contribution in [0.25, 0.3) is 6.08 Å². The number of esters is 1. The van der Waals surface area contributed by atoms with Crippen LogP contribution in [-0.2, 0) is 4.79 Å². The molecule has 0 saturated heterocycles. The molecule has 0 bridgehead atoms. The number of nitriles is 1. The maximum Gasteiger partial charge on any atom is 0.354 e. The quantitative estimate of drug-likeness (QED) is 0.187. The van der Waals surface area contributed by atoms with Crippen molar-refractivity contribution in [3.8, 4) is 17.6 Å². The molecule has 0 spiro atoms. The molecule has 0 heterocycles. The Morgan fingerprint density at radius 2 is 1.77 bits per heavy atom. The Kier molecular flexibility index (Phi) is 6.46. The molecule has 0 aromatic heterocycles. The minimum atomic E-state index is -0.840. The van der Waals surface area contributed by atoms with Crippen LogP contribution in [0.5, 0.6) is 11.5 Å². The predicted octanol–water partition coefficient (Wildman–Crippen LogP) is 3.90. The number of carbonyl (C=O) groups excluding carboxylic acids is 1. The Morgan fingerprint density at radius 1 is 1.15 bits per heavy atom. The van der Waals surface area contributed by atoms with Crippen molar-refractivity contribution in [2.24, 2.45) is 0 Å². The highest BCUT2D eigenvalue weighted by atomic mass is 16.6. The highest BCUT2D eigenvalue weighted by Gasteiger charge is 2.13. The number of hydrogen-bond donors (Lipinski definition) is 0. The van der Waals surface area contributed by atoms with Crippen LogP contribution in [-0.4, -0.2) is 17.5 Å². The number of nitro benzene ring substituents is 1. The maximum absolute atomic E-state index is 12.1. The van der Waals surface area contributed by atoms with Gasteiger partial charge in [-0.25, -0.2) is 4.79 Å².